The Labute approximate surface area is 127 Å². The molecule has 2 fully saturated rings. The van der Waals surface area contributed by atoms with E-state index in [0.717, 1.165) is 5.56 Å². The van der Waals surface area contributed by atoms with Crippen LogP contribution in [-0.4, -0.2) is 35.8 Å². The first kappa shape index (κ1) is 14.9. The molecule has 1 atom stereocenters. The van der Waals surface area contributed by atoms with Crippen LogP contribution >= 0.6 is 0 Å². The summed E-state index contributed by atoms with van der Waals surface area (Å²) in [5, 5.41) is 17.2. The number of aliphatic hydroxyl groups excluding tert-OH is 1. The van der Waals surface area contributed by atoms with Crippen LogP contribution in [0.15, 0.2) is 24.5 Å². The Kier molecular flexibility index (Phi) is 4.88. The topological polar surface area (TPSA) is 57.2 Å². The average molecular weight is 289 g/mol. The number of pyridine rings is 1. The molecule has 0 radical (unpaired) electrons. The molecule has 1 aliphatic carbocycles. The highest BCUT2D eigenvalue weighted by Crippen LogP contribution is 2.43. The highest BCUT2D eigenvalue weighted by atomic mass is 16.3. The molecule has 2 aliphatic rings. The maximum absolute atomic E-state index is 10.2. The first-order valence-electron chi connectivity index (χ1n) is 8.30. The second-order valence-electron chi connectivity index (χ2n) is 6.73. The van der Waals surface area contributed by atoms with Crippen molar-refractivity contribution in [2.24, 2.45) is 5.41 Å². The second-order valence-corrected chi connectivity index (χ2v) is 6.73. The van der Waals surface area contributed by atoms with E-state index in [0.29, 0.717) is 18.0 Å². The van der Waals surface area contributed by atoms with E-state index in [1.54, 1.807) is 12.4 Å². The fraction of sp³-hybridized carbons (Fsp3) is 0.706. The highest BCUT2D eigenvalue weighted by molar-refractivity contribution is 5.12. The van der Waals surface area contributed by atoms with Crippen LogP contribution in [-0.2, 0) is 0 Å². The van der Waals surface area contributed by atoms with Gasteiger partial charge in [-0.05, 0) is 63.1 Å². The summed E-state index contributed by atoms with van der Waals surface area (Å²) in [6.07, 6.45) is 10.9. The van der Waals surface area contributed by atoms with Gasteiger partial charge in [-0.2, -0.15) is 0 Å². The molecule has 0 amide bonds. The number of hydrogen-bond acceptors (Lipinski definition) is 4. The number of nitrogens with one attached hydrogen (secondary N) is 2. The smallest absolute Gasteiger partial charge is 0.0929 e. The summed E-state index contributed by atoms with van der Waals surface area (Å²) in [4.78, 5) is 4.06. The van der Waals surface area contributed by atoms with Crippen molar-refractivity contribution in [2.45, 2.75) is 50.7 Å². The molecule has 4 heteroatoms. The average Bonchev–Trinajstić information content (AvgIpc) is 2.56. The fourth-order valence-corrected chi connectivity index (χ4v) is 3.86. The van der Waals surface area contributed by atoms with Crippen molar-refractivity contribution >= 4 is 0 Å². The predicted octanol–water partition coefficient (Wildman–Crippen LogP) is 2.02. The van der Waals surface area contributed by atoms with Crippen LogP contribution in [0.2, 0.25) is 0 Å². The van der Waals surface area contributed by atoms with Crippen LogP contribution in [0.4, 0.5) is 0 Å². The van der Waals surface area contributed by atoms with Gasteiger partial charge in [-0.3, -0.25) is 4.98 Å². The molecule has 1 saturated heterocycles. The van der Waals surface area contributed by atoms with Crippen molar-refractivity contribution in [3.8, 4) is 0 Å². The van der Waals surface area contributed by atoms with E-state index in [1.165, 1.54) is 51.6 Å². The number of aliphatic hydroxyl groups is 1. The van der Waals surface area contributed by atoms with Crippen LogP contribution in [0.5, 0.6) is 0 Å². The fourth-order valence-electron chi connectivity index (χ4n) is 3.86. The Morgan fingerprint density at radius 2 is 2.05 bits per heavy atom. The van der Waals surface area contributed by atoms with Crippen molar-refractivity contribution in [1.29, 1.82) is 0 Å². The molecule has 1 aromatic rings. The lowest BCUT2D eigenvalue weighted by atomic mass is 9.67. The summed E-state index contributed by atoms with van der Waals surface area (Å²) < 4.78 is 0. The van der Waals surface area contributed by atoms with Gasteiger partial charge in [0.2, 0.25) is 0 Å². The molecule has 21 heavy (non-hydrogen) atoms. The lowest BCUT2D eigenvalue weighted by Gasteiger charge is -2.43. The second kappa shape index (κ2) is 6.86. The third-order valence-electron chi connectivity index (χ3n) is 5.38. The molecule has 0 bridgehead atoms. The number of aromatic nitrogens is 1. The number of nitrogens with zero attached hydrogens (tertiary/aromatic N) is 1. The molecule has 0 aromatic carbocycles. The van der Waals surface area contributed by atoms with E-state index in [2.05, 4.69) is 15.6 Å². The molecule has 3 rings (SSSR count). The predicted molar refractivity (Wildman–Crippen MR) is 84.0 cm³/mol. The maximum atomic E-state index is 10.2. The largest absolute Gasteiger partial charge is 0.387 e. The summed E-state index contributed by atoms with van der Waals surface area (Å²) >= 11 is 0. The van der Waals surface area contributed by atoms with Crippen LogP contribution in [0.3, 0.4) is 0 Å². The zero-order valence-corrected chi connectivity index (χ0v) is 12.7. The molecule has 1 saturated carbocycles. The van der Waals surface area contributed by atoms with Gasteiger partial charge < -0.3 is 15.7 Å². The first-order valence-corrected chi connectivity index (χ1v) is 8.30. The molecular formula is C17H27N3O. The SMILES string of the molecule is OC(CNC1CCC2(CCNCC2)CC1)c1cccnc1. The van der Waals surface area contributed by atoms with E-state index in [4.69, 9.17) is 0 Å². The summed E-state index contributed by atoms with van der Waals surface area (Å²) in [6, 6.07) is 4.38. The maximum Gasteiger partial charge on any atom is 0.0929 e. The van der Waals surface area contributed by atoms with Crippen LogP contribution in [0, 0.1) is 5.41 Å². The molecule has 3 N–H and O–H groups in total. The normalized spacial score (nSPS) is 24.0. The Bertz CT molecular complexity index is 421. The Morgan fingerprint density at radius 3 is 2.71 bits per heavy atom. The number of rotatable bonds is 4. The summed E-state index contributed by atoms with van der Waals surface area (Å²) in [5.41, 5.74) is 1.52. The standard InChI is InChI=1S/C17H27N3O/c21-16(14-2-1-9-19-12-14)13-20-15-3-5-17(6-4-15)7-10-18-11-8-17/h1-2,9,12,15-16,18,20-21H,3-8,10-11,13H2. The van der Waals surface area contributed by atoms with E-state index in [9.17, 15) is 5.11 Å². The van der Waals surface area contributed by atoms with Crippen LogP contribution in [0.1, 0.15) is 50.2 Å². The van der Waals surface area contributed by atoms with Gasteiger partial charge in [0.05, 0.1) is 6.10 Å². The van der Waals surface area contributed by atoms with E-state index < -0.39 is 6.10 Å². The first-order chi connectivity index (χ1) is 10.3. The zero-order valence-electron chi connectivity index (χ0n) is 12.7. The van der Waals surface area contributed by atoms with Gasteiger partial charge in [-0.1, -0.05) is 6.07 Å². The molecule has 4 nitrogen and oxygen atoms in total. The monoisotopic (exact) mass is 289 g/mol. The van der Waals surface area contributed by atoms with Crippen molar-refractivity contribution < 1.29 is 5.11 Å². The van der Waals surface area contributed by atoms with Gasteiger partial charge in [-0.15, -0.1) is 0 Å². The quantitative estimate of drug-likeness (QED) is 0.794. The van der Waals surface area contributed by atoms with Crippen LogP contribution < -0.4 is 10.6 Å². The third-order valence-corrected chi connectivity index (χ3v) is 5.38. The van der Waals surface area contributed by atoms with Crippen molar-refractivity contribution in [1.82, 2.24) is 15.6 Å². The van der Waals surface area contributed by atoms with Gasteiger partial charge in [0.25, 0.3) is 0 Å². The Hall–Kier alpha value is -0.970. The minimum Gasteiger partial charge on any atom is -0.387 e. The number of piperidine rings is 1. The summed E-state index contributed by atoms with van der Waals surface area (Å²) in [6.45, 7) is 3.01. The Balaban J connectivity index is 1.43. The molecule has 1 spiro atoms. The van der Waals surface area contributed by atoms with Gasteiger partial charge in [0.1, 0.15) is 0 Å². The van der Waals surface area contributed by atoms with E-state index in [1.807, 2.05) is 12.1 Å². The highest BCUT2D eigenvalue weighted by Gasteiger charge is 2.35. The van der Waals surface area contributed by atoms with E-state index in [-0.39, 0.29) is 0 Å². The van der Waals surface area contributed by atoms with Crippen LogP contribution in [0.25, 0.3) is 0 Å². The molecule has 116 valence electrons. The van der Waals surface area contributed by atoms with Gasteiger partial charge in [-0.25, -0.2) is 0 Å². The third kappa shape index (κ3) is 3.82. The van der Waals surface area contributed by atoms with Gasteiger partial charge >= 0.3 is 0 Å². The number of hydrogen-bond donors (Lipinski definition) is 3. The zero-order chi connectivity index (χ0) is 14.5. The van der Waals surface area contributed by atoms with Crippen molar-refractivity contribution in [3.63, 3.8) is 0 Å². The molecular weight excluding hydrogens is 262 g/mol. The molecule has 1 unspecified atom stereocenters. The Morgan fingerprint density at radius 1 is 1.29 bits per heavy atom. The molecule has 1 aromatic heterocycles. The van der Waals surface area contributed by atoms with E-state index >= 15 is 0 Å². The molecule has 1 aliphatic heterocycles. The summed E-state index contributed by atoms with van der Waals surface area (Å²) in [5.74, 6) is 0. The lowest BCUT2D eigenvalue weighted by Crippen LogP contribution is -2.43. The van der Waals surface area contributed by atoms with Crippen molar-refractivity contribution in [2.75, 3.05) is 19.6 Å². The minimum absolute atomic E-state index is 0.450. The summed E-state index contributed by atoms with van der Waals surface area (Å²) in [7, 11) is 0. The lowest BCUT2D eigenvalue weighted by molar-refractivity contribution is 0.107. The molecule has 2 heterocycles. The van der Waals surface area contributed by atoms with Gasteiger partial charge in [0, 0.05) is 30.5 Å². The minimum atomic E-state index is -0.450. The van der Waals surface area contributed by atoms with Gasteiger partial charge in [0.15, 0.2) is 0 Å². The van der Waals surface area contributed by atoms with Crippen molar-refractivity contribution in [3.05, 3.63) is 30.1 Å².